The first-order valence-corrected chi connectivity index (χ1v) is 9.63. The van der Waals surface area contributed by atoms with Crippen molar-refractivity contribution in [3.8, 4) is 0 Å². The van der Waals surface area contributed by atoms with Crippen LogP contribution in [-0.2, 0) is 6.54 Å². The number of nitrogens with zero attached hydrogens (tertiary/aromatic N) is 3. The van der Waals surface area contributed by atoms with Gasteiger partial charge < -0.3 is 20.1 Å². The molecule has 0 bridgehead atoms. The molecule has 2 fully saturated rings. The van der Waals surface area contributed by atoms with Crippen molar-refractivity contribution in [3.05, 3.63) is 22.7 Å². The molecule has 1 aromatic heterocycles. The number of urea groups is 1. The van der Waals surface area contributed by atoms with Crippen molar-refractivity contribution in [3.63, 3.8) is 0 Å². The molecule has 7 nitrogen and oxygen atoms in total. The van der Waals surface area contributed by atoms with E-state index in [1.165, 1.54) is 0 Å². The Labute approximate surface area is 157 Å². The molecular weight excluding hydrogens is 356 g/mol. The normalized spacial score (nSPS) is 23.1. The van der Waals surface area contributed by atoms with E-state index < -0.39 is 12.0 Å². The number of rotatable bonds is 4. The third-order valence-corrected chi connectivity index (χ3v) is 5.34. The van der Waals surface area contributed by atoms with Gasteiger partial charge in [-0.15, -0.1) is 0 Å². The summed E-state index contributed by atoms with van der Waals surface area (Å²) in [6.07, 6.45) is 5.27. The molecule has 0 radical (unpaired) electrons. The first kappa shape index (κ1) is 19.6. The lowest BCUT2D eigenvalue weighted by Gasteiger charge is -2.34. The second kappa shape index (κ2) is 8.22. The molecule has 2 amide bonds. The number of hydrogen-bond donors (Lipinski definition) is 2. The minimum absolute atomic E-state index is 0.0394. The van der Waals surface area contributed by atoms with E-state index in [2.05, 4.69) is 15.6 Å². The van der Waals surface area contributed by atoms with Crippen LogP contribution >= 0.6 is 0 Å². The van der Waals surface area contributed by atoms with Gasteiger partial charge in [-0.3, -0.25) is 4.79 Å². The summed E-state index contributed by atoms with van der Waals surface area (Å²) in [5, 5.41) is 5.56. The molecule has 1 unspecified atom stereocenters. The molecule has 1 saturated carbocycles. The van der Waals surface area contributed by atoms with Crippen molar-refractivity contribution in [2.45, 2.75) is 70.0 Å². The number of aryl methyl sites for hydroxylation is 1. The highest BCUT2D eigenvalue weighted by Crippen LogP contribution is 2.33. The summed E-state index contributed by atoms with van der Waals surface area (Å²) in [6, 6.07) is -0.903. The van der Waals surface area contributed by atoms with Gasteiger partial charge >= 0.3 is 6.03 Å². The van der Waals surface area contributed by atoms with Gasteiger partial charge in [-0.1, -0.05) is 0 Å². The van der Waals surface area contributed by atoms with Gasteiger partial charge in [0.25, 0.3) is 5.56 Å². The van der Waals surface area contributed by atoms with Crippen LogP contribution in [0.25, 0.3) is 0 Å². The van der Waals surface area contributed by atoms with Gasteiger partial charge in [-0.2, -0.15) is 0 Å². The van der Waals surface area contributed by atoms with E-state index >= 15 is 0 Å². The highest BCUT2D eigenvalue weighted by atomic mass is 19.3. The third kappa shape index (κ3) is 4.95. The number of halogens is 2. The molecule has 150 valence electrons. The van der Waals surface area contributed by atoms with Gasteiger partial charge in [0.05, 0.1) is 0 Å². The number of nitrogens with one attached hydrogen (secondary N) is 2. The summed E-state index contributed by atoms with van der Waals surface area (Å²) < 4.78 is 28.5. The van der Waals surface area contributed by atoms with Gasteiger partial charge in [-0.05, 0) is 32.6 Å². The lowest BCUT2D eigenvalue weighted by molar-refractivity contribution is -0.0425. The zero-order valence-electron chi connectivity index (χ0n) is 15.6. The fraction of sp³-hybridized carbons (Fsp3) is 0.722. The van der Waals surface area contributed by atoms with Crippen LogP contribution in [0.1, 0.15) is 45.4 Å². The Balaban J connectivity index is 1.48. The largest absolute Gasteiger partial charge is 0.352 e. The Morgan fingerprint density at radius 2 is 1.96 bits per heavy atom. The quantitative estimate of drug-likeness (QED) is 0.835. The minimum atomic E-state index is -2.68. The molecule has 1 aliphatic heterocycles. The molecule has 1 saturated heterocycles. The molecule has 1 aromatic rings. The highest BCUT2D eigenvalue weighted by molar-refractivity contribution is 5.74. The van der Waals surface area contributed by atoms with E-state index in [-0.39, 0.29) is 30.5 Å². The number of amides is 2. The molecular formula is C18H27F2N5O2. The van der Waals surface area contributed by atoms with Gasteiger partial charge in [-0.25, -0.2) is 18.6 Å². The second-order valence-corrected chi connectivity index (χ2v) is 7.37. The van der Waals surface area contributed by atoms with Crippen molar-refractivity contribution in [1.29, 1.82) is 0 Å². The van der Waals surface area contributed by atoms with Gasteiger partial charge in [0.2, 0.25) is 5.92 Å². The topological polar surface area (TPSA) is 79.3 Å². The molecule has 0 aromatic carbocycles. The SMILES string of the molecule is CCn1ccnc(N2CCC(NC(=O)NC3CCCC(F)(F)C3)CC2)c1=O. The van der Waals surface area contributed by atoms with Crippen molar-refractivity contribution in [1.82, 2.24) is 20.2 Å². The van der Waals surface area contributed by atoms with E-state index in [0.717, 1.165) is 0 Å². The number of hydrogen-bond acceptors (Lipinski definition) is 4. The highest BCUT2D eigenvalue weighted by Gasteiger charge is 2.37. The van der Waals surface area contributed by atoms with Gasteiger partial charge in [0.1, 0.15) is 0 Å². The summed E-state index contributed by atoms with van der Waals surface area (Å²) in [7, 11) is 0. The molecule has 2 aliphatic rings. The van der Waals surface area contributed by atoms with Crippen LogP contribution in [0.3, 0.4) is 0 Å². The van der Waals surface area contributed by atoms with Crippen molar-refractivity contribution >= 4 is 11.8 Å². The van der Waals surface area contributed by atoms with Crippen LogP contribution in [0.5, 0.6) is 0 Å². The number of carbonyl (C=O) groups is 1. The molecule has 3 rings (SSSR count). The number of anilines is 1. The number of piperidine rings is 1. The van der Waals surface area contributed by atoms with Crippen LogP contribution in [0.15, 0.2) is 17.2 Å². The summed E-state index contributed by atoms with van der Waals surface area (Å²) in [5.41, 5.74) is -0.109. The van der Waals surface area contributed by atoms with E-state index in [1.54, 1.807) is 17.0 Å². The van der Waals surface area contributed by atoms with Gasteiger partial charge in [0, 0.05) is 57.0 Å². The molecule has 9 heteroatoms. The van der Waals surface area contributed by atoms with Crippen LogP contribution in [0.2, 0.25) is 0 Å². The summed E-state index contributed by atoms with van der Waals surface area (Å²) in [6.45, 7) is 3.72. The van der Waals surface area contributed by atoms with Crippen molar-refractivity contribution in [2.75, 3.05) is 18.0 Å². The Kier molecular flexibility index (Phi) is 5.96. The monoisotopic (exact) mass is 383 g/mol. The number of alkyl halides is 2. The molecule has 27 heavy (non-hydrogen) atoms. The predicted octanol–water partition coefficient (Wildman–Crippen LogP) is 2.11. The minimum Gasteiger partial charge on any atom is -0.352 e. The summed E-state index contributed by atoms with van der Waals surface area (Å²) in [4.78, 5) is 30.6. The Morgan fingerprint density at radius 1 is 1.26 bits per heavy atom. The van der Waals surface area contributed by atoms with Crippen molar-refractivity contribution in [2.24, 2.45) is 0 Å². The maximum atomic E-state index is 13.4. The maximum Gasteiger partial charge on any atom is 0.315 e. The first-order chi connectivity index (χ1) is 12.9. The molecule has 1 atom stereocenters. The molecule has 1 aliphatic carbocycles. The Morgan fingerprint density at radius 3 is 2.63 bits per heavy atom. The van der Waals surface area contributed by atoms with E-state index in [1.807, 2.05) is 11.8 Å². The zero-order chi connectivity index (χ0) is 19.4. The summed E-state index contributed by atoms with van der Waals surface area (Å²) in [5.74, 6) is -2.25. The molecule has 2 heterocycles. The average molecular weight is 383 g/mol. The third-order valence-electron chi connectivity index (χ3n) is 5.34. The van der Waals surface area contributed by atoms with E-state index in [4.69, 9.17) is 0 Å². The lowest BCUT2D eigenvalue weighted by Crippen LogP contribution is -2.52. The van der Waals surface area contributed by atoms with Gasteiger partial charge in [0.15, 0.2) is 5.82 Å². The Bertz CT molecular complexity index is 716. The zero-order valence-corrected chi connectivity index (χ0v) is 15.6. The molecule has 0 spiro atoms. The van der Waals surface area contributed by atoms with Crippen LogP contribution in [-0.4, -0.2) is 46.7 Å². The lowest BCUT2D eigenvalue weighted by atomic mass is 9.92. The van der Waals surface area contributed by atoms with Crippen LogP contribution in [0, 0.1) is 0 Å². The van der Waals surface area contributed by atoms with Crippen LogP contribution < -0.4 is 21.1 Å². The molecule has 2 N–H and O–H groups in total. The number of carbonyl (C=O) groups excluding carboxylic acids is 1. The number of aromatic nitrogens is 2. The van der Waals surface area contributed by atoms with E-state index in [9.17, 15) is 18.4 Å². The first-order valence-electron chi connectivity index (χ1n) is 9.63. The standard InChI is InChI=1S/C18H27F2N5O2/c1-2-24-11-8-21-15(16(24)26)25-9-5-13(6-10-25)22-17(27)23-14-4-3-7-18(19,20)12-14/h8,11,13-14H,2-7,9-10,12H2,1H3,(H2,22,23,27). The summed E-state index contributed by atoms with van der Waals surface area (Å²) >= 11 is 0. The smallest absolute Gasteiger partial charge is 0.315 e. The van der Waals surface area contributed by atoms with E-state index in [0.29, 0.717) is 51.1 Å². The second-order valence-electron chi connectivity index (χ2n) is 7.37. The maximum absolute atomic E-state index is 13.4. The fourth-order valence-electron chi connectivity index (χ4n) is 3.84. The van der Waals surface area contributed by atoms with Crippen LogP contribution in [0.4, 0.5) is 19.4 Å². The average Bonchev–Trinajstić information content (AvgIpc) is 2.62. The Hall–Kier alpha value is -2.19. The predicted molar refractivity (Wildman–Crippen MR) is 98.3 cm³/mol. The van der Waals surface area contributed by atoms with Crippen molar-refractivity contribution < 1.29 is 13.6 Å². The fourth-order valence-corrected chi connectivity index (χ4v) is 3.84.